The normalized spacial score (nSPS) is 15.4. The first-order chi connectivity index (χ1) is 6.04. The maximum atomic E-state index is 4.00. The van der Waals surface area contributed by atoms with Gasteiger partial charge in [-0.05, 0) is 26.0 Å². The first kappa shape index (κ1) is 13.1. The Hall–Kier alpha value is 0.0900. The molecule has 0 rings (SSSR count). The highest BCUT2D eigenvalue weighted by molar-refractivity contribution is 7.99. The van der Waals surface area contributed by atoms with Gasteiger partial charge < -0.3 is 0 Å². The van der Waals surface area contributed by atoms with E-state index in [9.17, 15) is 0 Å². The third kappa shape index (κ3) is 6.20. The first-order valence-corrected chi connectivity index (χ1v) is 6.46. The molecule has 0 nitrogen and oxygen atoms in total. The number of thioether (sulfide) groups is 1. The van der Waals surface area contributed by atoms with Crippen LogP contribution in [0.4, 0.5) is 0 Å². The van der Waals surface area contributed by atoms with Crippen LogP contribution >= 0.6 is 11.8 Å². The third-order valence-electron chi connectivity index (χ3n) is 2.48. The van der Waals surface area contributed by atoms with E-state index in [0.717, 1.165) is 6.42 Å². The summed E-state index contributed by atoms with van der Waals surface area (Å²) in [6.45, 7) is 10.8. The molecule has 0 aromatic rings. The molecule has 0 N–H and O–H groups in total. The van der Waals surface area contributed by atoms with E-state index in [1.165, 1.54) is 31.3 Å². The minimum atomic E-state index is 0.432. The molecule has 13 heavy (non-hydrogen) atoms. The average molecular weight is 200 g/mol. The highest BCUT2D eigenvalue weighted by Gasteiger charge is 2.21. The van der Waals surface area contributed by atoms with Gasteiger partial charge in [0, 0.05) is 4.75 Å². The van der Waals surface area contributed by atoms with Crippen LogP contribution in [-0.2, 0) is 0 Å². The molecule has 0 aromatic heterocycles. The van der Waals surface area contributed by atoms with Crippen LogP contribution in [0.1, 0.15) is 52.9 Å². The summed E-state index contributed by atoms with van der Waals surface area (Å²) in [4.78, 5) is 0. The van der Waals surface area contributed by atoms with Gasteiger partial charge >= 0.3 is 0 Å². The quantitative estimate of drug-likeness (QED) is 0.425. The van der Waals surface area contributed by atoms with Crippen LogP contribution in [0.3, 0.4) is 0 Å². The predicted molar refractivity (Wildman–Crippen MR) is 65.5 cm³/mol. The first-order valence-electron chi connectivity index (χ1n) is 5.23. The van der Waals surface area contributed by atoms with Gasteiger partial charge in [0.1, 0.15) is 0 Å². The number of rotatable bonds is 7. The highest BCUT2D eigenvalue weighted by atomic mass is 32.2. The van der Waals surface area contributed by atoms with Gasteiger partial charge in [0.05, 0.1) is 0 Å². The zero-order chi connectivity index (χ0) is 10.3. The van der Waals surface area contributed by atoms with E-state index in [-0.39, 0.29) is 0 Å². The molecular weight excluding hydrogens is 176 g/mol. The zero-order valence-electron chi connectivity index (χ0n) is 9.65. The Kier molecular flexibility index (Phi) is 6.58. The molecule has 1 atom stereocenters. The minimum absolute atomic E-state index is 0.432. The summed E-state index contributed by atoms with van der Waals surface area (Å²) in [5.74, 6) is 0. The lowest BCUT2D eigenvalue weighted by molar-refractivity contribution is 0.535. The van der Waals surface area contributed by atoms with Gasteiger partial charge in [-0.3, -0.25) is 0 Å². The van der Waals surface area contributed by atoms with Gasteiger partial charge in [-0.2, -0.15) is 11.8 Å². The van der Waals surface area contributed by atoms with Gasteiger partial charge in [0.15, 0.2) is 0 Å². The van der Waals surface area contributed by atoms with Crippen LogP contribution in [0.5, 0.6) is 0 Å². The Morgan fingerprint density at radius 3 is 2.38 bits per heavy atom. The molecule has 0 amide bonds. The summed E-state index contributed by atoms with van der Waals surface area (Å²) in [5.41, 5.74) is 1.31. The van der Waals surface area contributed by atoms with E-state index in [1.807, 2.05) is 11.8 Å². The second-order valence-corrected chi connectivity index (χ2v) is 5.64. The number of unbranched alkanes of at least 4 members (excludes halogenated alkanes) is 2. The van der Waals surface area contributed by atoms with Crippen molar-refractivity contribution in [2.24, 2.45) is 0 Å². The average Bonchev–Trinajstić information content (AvgIpc) is 2.04. The molecule has 0 spiro atoms. The smallest absolute Gasteiger partial charge is 0.0166 e. The van der Waals surface area contributed by atoms with E-state index < -0.39 is 0 Å². The predicted octanol–water partition coefficient (Wildman–Crippen LogP) is 4.65. The standard InChI is InChI=1S/C12H24S/c1-6-7-8-9-12(4,13-5)10-11(2)3/h2,6-10H2,1,3-5H3. The second kappa shape index (κ2) is 6.53. The summed E-state index contributed by atoms with van der Waals surface area (Å²) in [5, 5.41) is 0. The van der Waals surface area contributed by atoms with Crippen molar-refractivity contribution in [1.29, 1.82) is 0 Å². The van der Waals surface area contributed by atoms with Crippen molar-refractivity contribution in [1.82, 2.24) is 0 Å². The highest BCUT2D eigenvalue weighted by Crippen LogP contribution is 2.34. The van der Waals surface area contributed by atoms with Crippen LogP contribution in [0.25, 0.3) is 0 Å². The lowest BCUT2D eigenvalue weighted by atomic mass is 9.95. The van der Waals surface area contributed by atoms with Crippen molar-refractivity contribution in [3.05, 3.63) is 12.2 Å². The Balaban J connectivity index is 3.88. The fourth-order valence-electron chi connectivity index (χ4n) is 1.65. The van der Waals surface area contributed by atoms with E-state index in [1.54, 1.807) is 0 Å². The number of allylic oxidation sites excluding steroid dienone is 1. The summed E-state index contributed by atoms with van der Waals surface area (Å²) in [6.07, 6.45) is 8.76. The fraction of sp³-hybridized carbons (Fsp3) is 0.833. The summed E-state index contributed by atoms with van der Waals surface area (Å²) in [7, 11) is 0. The third-order valence-corrected chi connectivity index (χ3v) is 3.81. The van der Waals surface area contributed by atoms with Crippen molar-refractivity contribution < 1.29 is 0 Å². The molecule has 0 bridgehead atoms. The zero-order valence-corrected chi connectivity index (χ0v) is 10.5. The molecule has 1 heteroatoms. The van der Waals surface area contributed by atoms with Crippen LogP contribution in [0.15, 0.2) is 12.2 Å². The fourth-order valence-corrected chi connectivity index (χ4v) is 2.39. The summed E-state index contributed by atoms with van der Waals surface area (Å²) < 4.78 is 0.432. The van der Waals surface area contributed by atoms with Crippen molar-refractivity contribution >= 4 is 11.8 Å². The minimum Gasteiger partial charge on any atom is -0.159 e. The van der Waals surface area contributed by atoms with Gasteiger partial charge in [-0.15, -0.1) is 6.58 Å². The van der Waals surface area contributed by atoms with Gasteiger partial charge in [-0.25, -0.2) is 0 Å². The van der Waals surface area contributed by atoms with Crippen LogP contribution < -0.4 is 0 Å². The van der Waals surface area contributed by atoms with E-state index in [0.29, 0.717) is 4.75 Å². The van der Waals surface area contributed by atoms with Crippen LogP contribution in [-0.4, -0.2) is 11.0 Å². The van der Waals surface area contributed by atoms with E-state index in [2.05, 4.69) is 33.6 Å². The summed E-state index contributed by atoms with van der Waals surface area (Å²) in [6, 6.07) is 0. The molecule has 1 unspecified atom stereocenters. The molecule has 0 aliphatic heterocycles. The Morgan fingerprint density at radius 2 is 2.00 bits per heavy atom. The second-order valence-electron chi connectivity index (χ2n) is 4.25. The molecule has 78 valence electrons. The summed E-state index contributed by atoms with van der Waals surface area (Å²) >= 11 is 1.99. The number of hydrogen-bond donors (Lipinski definition) is 0. The number of hydrogen-bond acceptors (Lipinski definition) is 1. The molecular formula is C12H24S. The lowest BCUT2D eigenvalue weighted by Crippen LogP contribution is -2.19. The van der Waals surface area contributed by atoms with Crippen LogP contribution in [0, 0.1) is 0 Å². The van der Waals surface area contributed by atoms with Gasteiger partial charge in [0.25, 0.3) is 0 Å². The molecule has 0 saturated heterocycles. The van der Waals surface area contributed by atoms with Crippen molar-refractivity contribution in [3.8, 4) is 0 Å². The van der Waals surface area contributed by atoms with Crippen molar-refractivity contribution in [2.45, 2.75) is 57.6 Å². The Morgan fingerprint density at radius 1 is 1.38 bits per heavy atom. The van der Waals surface area contributed by atoms with Crippen molar-refractivity contribution in [3.63, 3.8) is 0 Å². The molecule has 0 aliphatic carbocycles. The molecule has 0 saturated carbocycles. The van der Waals surface area contributed by atoms with E-state index in [4.69, 9.17) is 0 Å². The van der Waals surface area contributed by atoms with Gasteiger partial charge in [-0.1, -0.05) is 38.7 Å². The van der Waals surface area contributed by atoms with Crippen molar-refractivity contribution in [2.75, 3.05) is 6.26 Å². The molecule has 0 aromatic carbocycles. The largest absolute Gasteiger partial charge is 0.159 e. The lowest BCUT2D eigenvalue weighted by Gasteiger charge is -2.27. The molecule has 0 fully saturated rings. The molecule has 0 aliphatic rings. The maximum absolute atomic E-state index is 4.00. The van der Waals surface area contributed by atoms with Crippen LogP contribution in [0.2, 0.25) is 0 Å². The van der Waals surface area contributed by atoms with E-state index >= 15 is 0 Å². The molecule has 0 heterocycles. The van der Waals surface area contributed by atoms with Gasteiger partial charge in [0.2, 0.25) is 0 Å². The topological polar surface area (TPSA) is 0 Å². The Labute approximate surface area is 88.2 Å². The maximum Gasteiger partial charge on any atom is 0.0166 e. The molecule has 0 radical (unpaired) electrons. The SMILES string of the molecule is C=C(C)CC(C)(CCCCC)SC. The Bertz CT molecular complexity index is 151. The monoisotopic (exact) mass is 200 g/mol.